The molecule has 0 aliphatic heterocycles. The Kier molecular flexibility index (Phi) is 5.61. The maximum atomic E-state index is 12.5. The van der Waals surface area contributed by atoms with Crippen LogP contribution in [-0.4, -0.2) is 34.1 Å². The van der Waals surface area contributed by atoms with Crippen molar-refractivity contribution >= 4 is 17.6 Å². The van der Waals surface area contributed by atoms with Gasteiger partial charge < -0.3 is 10.4 Å². The van der Waals surface area contributed by atoms with E-state index in [1.165, 1.54) is 5.32 Å². The Balaban J connectivity index is 3.20. The molecule has 0 saturated carbocycles. The van der Waals surface area contributed by atoms with E-state index in [-0.39, 0.29) is 6.07 Å². The number of hydrogen-bond donors (Lipinski definition) is 2. The predicted octanol–water partition coefficient (Wildman–Crippen LogP) is 2.75. The molecular weight excluding hydrogens is 366 g/mol. The van der Waals surface area contributed by atoms with E-state index in [9.17, 15) is 46.0 Å². The van der Waals surface area contributed by atoms with Gasteiger partial charge in [0.2, 0.25) is 0 Å². The highest BCUT2D eigenvalue weighted by Crippen LogP contribution is 2.33. The lowest BCUT2D eigenvalue weighted by atomic mass is 10.1. The lowest BCUT2D eigenvalue weighted by molar-refractivity contribution is -0.385. The second-order valence-electron chi connectivity index (χ2n) is 4.67. The van der Waals surface area contributed by atoms with Gasteiger partial charge in [-0.15, -0.1) is 0 Å². The predicted molar refractivity (Wildman–Crippen MR) is 67.7 cm³/mol. The van der Waals surface area contributed by atoms with E-state index in [2.05, 4.69) is 0 Å². The molecule has 2 N–H and O–H groups in total. The number of carbonyl (C=O) groups excluding carboxylic acids is 1. The second kappa shape index (κ2) is 6.94. The SMILES string of the molecule is O=C(NC(CC(F)(F)F)C(=O)O)c1ccc(C(F)(F)F)cc1[N+](=O)[O-]. The van der Waals surface area contributed by atoms with Crippen LogP contribution in [-0.2, 0) is 11.0 Å². The van der Waals surface area contributed by atoms with Gasteiger partial charge in [0.1, 0.15) is 11.6 Å². The average molecular weight is 374 g/mol. The number of nitro benzene ring substituents is 1. The monoisotopic (exact) mass is 374 g/mol. The smallest absolute Gasteiger partial charge is 0.416 e. The van der Waals surface area contributed by atoms with Crippen LogP contribution in [0.25, 0.3) is 0 Å². The molecule has 0 radical (unpaired) electrons. The Labute approximate surface area is 134 Å². The zero-order valence-corrected chi connectivity index (χ0v) is 11.8. The molecule has 1 aromatic rings. The van der Waals surface area contributed by atoms with E-state index in [0.717, 1.165) is 0 Å². The van der Waals surface area contributed by atoms with Crippen molar-refractivity contribution in [3.63, 3.8) is 0 Å². The summed E-state index contributed by atoms with van der Waals surface area (Å²) < 4.78 is 74.4. The summed E-state index contributed by atoms with van der Waals surface area (Å²) >= 11 is 0. The van der Waals surface area contributed by atoms with E-state index in [4.69, 9.17) is 5.11 Å². The highest BCUT2D eigenvalue weighted by atomic mass is 19.4. The molecule has 0 saturated heterocycles. The number of alkyl halides is 6. The molecule has 0 spiro atoms. The van der Waals surface area contributed by atoms with Crippen LogP contribution in [0.1, 0.15) is 22.3 Å². The molecule has 0 bridgehead atoms. The third kappa shape index (κ3) is 5.61. The molecule has 1 rings (SSSR count). The fourth-order valence-corrected chi connectivity index (χ4v) is 1.72. The normalized spacial score (nSPS) is 13.2. The maximum Gasteiger partial charge on any atom is 0.416 e. The summed E-state index contributed by atoms with van der Waals surface area (Å²) in [6.07, 6.45) is -11.9. The zero-order chi connectivity index (χ0) is 19.6. The Bertz CT molecular complexity index is 700. The first-order valence-electron chi connectivity index (χ1n) is 6.18. The number of hydrogen-bond acceptors (Lipinski definition) is 4. The van der Waals surface area contributed by atoms with Crippen molar-refractivity contribution in [3.05, 3.63) is 39.4 Å². The summed E-state index contributed by atoms with van der Waals surface area (Å²) in [5.74, 6) is -3.70. The number of nitro groups is 1. The first-order valence-corrected chi connectivity index (χ1v) is 6.18. The number of carbonyl (C=O) groups is 2. The minimum Gasteiger partial charge on any atom is -0.480 e. The van der Waals surface area contributed by atoms with E-state index >= 15 is 0 Å². The summed E-state index contributed by atoms with van der Waals surface area (Å²) in [7, 11) is 0. The van der Waals surface area contributed by atoms with Crippen molar-refractivity contribution in [2.24, 2.45) is 0 Å². The van der Waals surface area contributed by atoms with Crippen LogP contribution in [0.2, 0.25) is 0 Å². The van der Waals surface area contributed by atoms with Crippen molar-refractivity contribution in [2.45, 2.75) is 24.8 Å². The fourth-order valence-electron chi connectivity index (χ4n) is 1.72. The van der Waals surface area contributed by atoms with Crippen LogP contribution in [0.5, 0.6) is 0 Å². The van der Waals surface area contributed by atoms with Crippen molar-refractivity contribution in [1.29, 1.82) is 0 Å². The minimum atomic E-state index is -4.97. The minimum absolute atomic E-state index is 0.0223. The first kappa shape index (κ1) is 20.2. The highest BCUT2D eigenvalue weighted by molar-refractivity contribution is 6.00. The average Bonchev–Trinajstić information content (AvgIpc) is 2.43. The van der Waals surface area contributed by atoms with Gasteiger partial charge in [-0.05, 0) is 12.1 Å². The Morgan fingerprint density at radius 3 is 2.16 bits per heavy atom. The summed E-state index contributed by atoms with van der Waals surface area (Å²) in [6, 6.07) is -1.76. The highest BCUT2D eigenvalue weighted by Gasteiger charge is 2.38. The molecule has 1 amide bonds. The Morgan fingerprint density at radius 1 is 1.20 bits per heavy atom. The molecule has 0 heterocycles. The second-order valence-corrected chi connectivity index (χ2v) is 4.67. The van der Waals surface area contributed by atoms with Gasteiger partial charge in [0.05, 0.1) is 16.9 Å². The third-order valence-electron chi connectivity index (χ3n) is 2.81. The van der Waals surface area contributed by atoms with Crippen LogP contribution in [0, 0.1) is 10.1 Å². The number of carboxylic acid groups (broad SMARTS) is 1. The number of carboxylic acids is 1. The quantitative estimate of drug-likeness (QED) is 0.468. The summed E-state index contributed by atoms with van der Waals surface area (Å²) in [5, 5.41) is 20.9. The van der Waals surface area contributed by atoms with E-state index < -0.39 is 58.4 Å². The van der Waals surface area contributed by atoms with Gasteiger partial charge in [-0.2, -0.15) is 26.3 Å². The first-order chi connectivity index (χ1) is 11.2. The zero-order valence-electron chi connectivity index (χ0n) is 11.8. The molecule has 13 heteroatoms. The topological polar surface area (TPSA) is 110 Å². The molecule has 0 aliphatic rings. The van der Waals surface area contributed by atoms with Crippen LogP contribution < -0.4 is 5.32 Å². The van der Waals surface area contributed by atoms with Crippen LogP contribution in [0.15, 0.2) is 18.2 Å². The van der Waals surface area contributed by atoms with Crippen LogP contribution in [0.3, 0.4) is 0 Å². The molecule has 1 atom stereocenters. The summed E-state index contributed by atoms with van der Waals surface area (Å²) in [6.45, 7) is 0. The van der Waals surface area contributed by atoms with E-state index in [1.807, 2.05) is 0 Å². The summed E-state index contributed by atoms with van der Waals surface area (Å²) in [4.78, 5) is 32.0. The van der Waals surface area contributed by atoms with Crippen molar-refractivity contribution in [3.8, 4) is 0 Å². The molecule has 0 aliphatic carbocycles. The molecule has 7 nitrogen and oxygen atoms in total. The molecular formula is C12H8F6N2O5. The number of nitrogens with one attached hydrogen (secondary N) is 1. The van der Waals surface area contributed by atoms with Gasteiger partial charge in [-0.3, -0.25) is 14.9 Å². The van der Waals surface area contributed by atoms with Gasteiger partial charge in [-0.1, -0.05) is 0 Å². The Morgan fingerprint density at radius 2 is 1.76 bits per heavy atom. The van der Waals surface area contributed by atoms with Crippen molar-refractivity contribution in [1.82, 2.24) is 5.32 Å². The number of halogens is 6. The molecule has 1 unspecified atom stereocenters. The number of amides is 1. The molecule has 0 fully saturated rings. The largest absolute Gasteiger partial charge is 0.480 e. The summed E-state index contributed by atoms with van der Waals surface area (Å²) in [5.41, 5.74) is -3.80. The number of benzene rings is 1. The Hall–Kier alpha value is -2.86. The van der Waals surface area contributed by atoms with Crippen LogP contribution >= 0.6 is 0 Å². The molecule has 0 aromatic heterocycles. The lowest BCUT2D eigenvalue weighted by Gasteiger charge is -2.16. The van der Waals surface area contributed by atoms with Gasteiger partial charge in [0.25, 0.3) is 11.6 Å². The standard InChI is InChI=1S/C12H8F6N2O5/c13-11(14,15)4-7(10(22)23)19-9(21)6-2-1-5(12(16,17)18)3-8(6)20(24)25/h1-3,7H,4H2,(H,19,21)(H,22,23). The lowest BCUT2D eigenvalue weighted by Crippen LogP contribution is -2.43. The third-order valence-corrected chi connectivity index (χ3v) is 2.81. The van der Waals surface area contributed by atoms with Crippen molar-refractivity contribution in [2.75, 3.05) is 0 Å². The van der Waals surface area contributed by atoms with Gasteiger partial charge >= 0.3 is 18.3 Å². The fraction of sp³-hybridized carbons (Fsp3) is 0.333. The van der Waals surface area contributed by atoms with E-state index in [0.29, 0.717) is 12.1 Å². The molecule has 1 aromatic carbocycles. The van der Waals surface area contributed by atoms with Crippen molar-refractivity contribution < 1.29 is 46.0 Å². The van der Waals surface area contributed by atoms with E-state index in [1.54, 1.807) is 0 Å². The van der Waals surface area contributed by atoms with Gasteiger partial charge in [0.15, 0.2) is 0 Å². The van der Waals surface area contributed by atoms with Crippen LogP contribution in [0.4, 0.5) is 32.0 Å². The number of aliphatic carboxylic acids is 1. The van der Waals surface area contributed by atoms with Gasteiger partial charge in [-0.25, -0.2) is 4.79 Å². The maximum absolute atomic E-state index is 12.5. The number of nitrogens with zero attached hydrogens (tertiary/aromatic N) is 1. The van der Waals surface area contributed by atoms with Gasteiger partial charge in [0, 0.05) is 6.07 Å². The molecule has 138 valence electrons. The number of rotatable bonds is 5. The molecule has 25 heavy (non-hydrogen) atoms.